The van der Waals surface area contributed by atoms with Crippen molar-refractivity contribution in [1.82, 2.24) is 9.88 Å². The number of anilines is 1. The third kappa shape index (κ3) is 2.84. The summed E-state index contributed by atoms with van der Waals surface area (Å²) in [4.78, 5) is 31.5. The van der Waals surface area contributed by atoms with Gasteiger partial charge in [0.05, 0.1) is 5.92 Å². The predicted octanol–water partition coefficient (Wildman–Crippen LogP) is 0.384. The lowest BCUT2D eigenvalue weighted by Gasteiger charge is -2.37. The molecule has 2 aliphatic heterocycles. The average molecular weight is 288 g/mol. The van der Waals surface area contributed by atoms with Gasteiger partial charge in [-0.2, -0.15) is 0 Å². The molecule has 1 aromatic heterocycles. The topological polar surface area (TPSA) is 79.5 Å². The van der Waals surface area contributed by atoms with Gasteiger partial charge in [0.15, 0.2) is 0 Å². The molecule has 0 saturated carbocycles. The van der Waals surface area contributed by atoms with Crippen LogP contribution < -0.4 is 10.6 Å². The zero-order valence-corrected chi connectivity index (χ0v) is 11.9. The Labute approximate surface area is 123 Å². The van der Waals surface area contributed by atoms with Gasteiger partial charge in [0.2, 0.25) is 11.8 Å². The maximum absolute atomic E-state index is 12.0. The van der Waals surface area contributed by atoms with Gasteiger partial charge in [-0.05, 0) is 25.0 Å². The summed E-state index contributed by atoms with van der Waals surface area (Å²) in [6.45, 7) is 2.33. The van der Waals surface area contributed by atoms with Crippen LogP contribution in [0.25, 0.3) is 0 Å². The van der Waals surface area contributed by atoms with E-state index in [0.29, 0.717) is 6.54 Å². The van der Waals surface area contributed by atoms with Gasteiger partial charge in [0.25, 0.3) is 0 Å². The molecule has 2 N–H and O–H groups in total. The molecule has 6 heteroatoms. The Hall–Kier alpha value is -2.11. The largest absolute Gasteiger partial charge is 0.371 e. The minimum absolute atomic E-state index is 0.0705. The molecule has 0 aromatic carbocycles. The van der Waals surface area contributed by atoms with Crippen molar-refractivity contribution in [3.8, 4) is 0 Å². The number of pyridine rings is 1. The first-order valence-electron chi connectivity index (χ1n) is 7.39. The molecule has 2 amide bonds. The molecule has 112 valence electrons. The van der Waals surface area contributed by atoms with E-state index in [1.54, 1.807) is 12.4 Å². The van der Waals surface area contributed by atoms with Crippen LogP contribution in [0.3, 0.4) is 0 Å². The monoisotopic (exact) mass is 288 g/mol. The SMILES string of the molecule is NC(=O)C1CC(=O)N(C2CCN(c3ccncc3)CC2)C1. The van der Waals surface area contributed by atoms with Crippen molar-refractivity contribution >= 4 is 17.5 Å². The summed E-state index contributed by atoms with van der Waals surface area (Å²) in [5.74, 6) is -0.600. The van der Waals surface area contributed by atoms with E-state index < -0.39 is 0 Å². The molecule has 6 nitrogen and oxygen atoms in total. The minimum Gasteiger partial charge on any atom is -0.371 e. The van der Waals surface area contributed by atoms with Gasteiger partial charge in [0.1, 0.15) is 0 Å². The van der Waals surface area contributed by atoms with Crippen LogP contribution in [0.5, 0.6) is 0 Å². The lowest BCUT2D eigenvalue weighted by Crippen LogP contribution is -2.46. The molecule has 21 heavy (non-hydrogen) atoms. The van der Waals surface area contributed by atoms with Crippen LogP contribution in [-0.2, 0) is 9.59 Å². The predicted molar refractivity (Wildman–Crippen MR) is 78.5 cm³/mol. The second kappa shape index (κ2) is 5.71. The fraction of sp³-hybridized carbons (Fsp3) is 0.533. The molecule has 2 fully saturated rings. The van der Waals surface area contributed by atoms with Crippen LogP contribution in [0.15, 0.2) is 24.5 Å². The van der Waals surface area contributed by atoms with Crippen molar-refractivity contribution in [2.45, 2.75) is 25.3 Å². The van der Waals surface area contributed by atoms with E-state index in [2.05, 4.69) is 9.88 Å². The number of nitrogens with zero attached hydrogens (tertiary/aromatic N) is 3. The highest BCUT2D eigenvalue weighted by Crippen LogP contribution is 2.27. The normalized spacial score (nSPS) is 23.6. The smallest absolute Gasteiger partial charge is 0.223 e. The van der Waals surface area contributed by atoms with Crippen LogP contribution in [0.4, 0.5) is 5.69 Å². The number of carbonyl (C=O) groups is 2. The van der Waals surface area contributed by atoms with Gasteiger partial charge in [-0.3, -0.25) is 14.6 Å². The first-order chi connectivity index (χ1) is 10.1. The lowest BCUT2D eigenvalue weighted by molar-refractivity contribution is -0.130. The zero-order chi connectivity index (χ0) is 14.8. The number of hydrogen-bond acceptors (Lipinski definition) is 4. The van der Waals surface area contributed by atoms with E-state index >= 15 is 0 Å². The molecule has 0 radical (unpaired) electrons. The minimum atomic E-state index is -0.361. The Kier molecular flexibility index (Phi) is 3.77. The molecule has 0 spiro atoms. The fourth-order valence-electron chi connectivity index (χ4n) is 3.27. The van der Waals surface area contributed by atoms with Crippen LogP contribution >= 0.6 is 0 Å². The second-order valence-electron chi connectivity index (χ2n) is 5.77. The highest BCUT2D eigenvalue weighted by atomic mass is 16.2. The van der Waals surface area contributed by atoms with Crippen LogP contribution in [0.2, 0.25) is 0 Å². The van der Waals surface area contributed by atoms with Crippen LogP contribution in [0, 0.1) is 5.92 Å². The van der Waals surface area contributed by atoms with Gasteiger partial charge in [-0.25, -0.2) is 0 Å². The number of amides is 2. The molecule has 1 aromatic rings. The average Bonchev–Trinajstić information content (AvgIpc) is 2.91. The van der Waals surface area contributed by atoms with E-state index in [-0.39, 0.29) is 30.2 Å². The molecular weight excluding hydrogens is 268 g/mol. The number of carbonyl (C=O) groups excluding carboxylic acids is 2. The quantitative estimate of drug-likeness (QED) is 0.872. The molecule has 1 atom stereocenters. The lowest BCUT2D eigenvalue weighted by atomic mass is 10.0. The number of nitrogens with two attached hydrogens (primary N) is 1. The Morgan fingerprint density at radius 1 is 1.24 bits per heavy atom. The van der Waals surface area contributed by atoms with Gasteiger partial charge in [-0.1, -0.05) is 0 Å². The molecule has 2 aliphatic rings. The molecule has 3 heterocycles. The van der Waals surface area contributed by atoms with Crippen molar-refractivity contribution in [2.75, 3.05) is 24.5 Å². The first-order valence-corrected chi connectivity index (χ1v) is 7.39. The van der Waals surface area contributed by atoms with Crippen molar-refractivity contribution < 1.29 is 9.59 Å². The van der Waals surface area contributed by atoms with Gasteiger partial charge < -0.3 is 15.5 Å². The highest BCUT2D eigenvalue weighted by Gasteiger charge is 2.37. The Balaban J connectivity index is 1.59. The molecule has 0 aliphatic carbocycles. The fourth-order valence-corrected chi connectivity index (χ4v) is 3.27. The standard InChI is InChI=1S/C15H20N4O2/c16-15(21)11-9-14(20)19(10-11)13-3-7-18(8-4-13)12-1-5-17-6-2-12/h1-2,5-6,11,13H,3-4,7-10H2,(H2,16,21). The molecular formula is C15H20N4O2. The Morgan fingerprint density at radius 3 is 2.48 bits per heavy atom. The summed E-state index contributed by atoms with van der Waals surface area (Å²) in [5.41, 5.74) is 6.49. The maximum Gasteiger partial charge on any atom is 0.223 e. The van der Waals surface area contributed by atoms with E-state index in [0.717, 1.165) is 25.9 Å². The van der Waals surface area contributed by atoms with E-state index in [9.17, 15) is 9.59 Å². The summed E-state index contributed by atoms with van der Waals surface area (Å²) in [5, 5.41) is 0. The highest BCUT2D eigenvalue weighted by molar-refractivity contribution is 5.88. The summed E-state index contributed by atoms with van der Waals surface area (Å²) in [7, 11) is 0. The van der Waals surface area contributed by atoms with Crippen LogP contribution in [-0.4, -0.2) is 47.4 Å². The molecule has 0 bridgehead atoms. The van der Waals surface area contributed by atoms with Gasteiger partial charge in [0, 0.05) is 50.2 Å². The zero-order valence-electron chi connectivity index (χ0n) is 11.9. The molecule has 3 rings (SSSR count). The second-order valence-corrected chi connectivity index (χ2v) is 5.77. The first kappa shape index (κ1) is 13.9. The van der Waals surface area contributed by atoms with Gasteiger partial charge >= 0.3 is 0 Å². The number of primary amides is 1. The van der Waals surface area contributed by atoms with Gasteiger partial charge in [-0.15, -0.1) is 0 Å². The third-order valence-electron chi connectivity index (χ3n) is 4.49. The summed E-state index contributed by atoms with van der Waals surface area (Å²) in [6.07, 6.45) is 5.73. The number of likely N-dealkylation sites (tertiary alicyclic amines) is 1. The van der Waals surface area contributed by atoms with Crippen molar-refractivity contribution in [2.24, 2.45) is 11.7 Å². The third-order valence-corrected chi connectivity index (χ3v) is 4.49. The molecule has 1 unspecified atom stereocenters. The van der Waals surface area contributed by atoms with Crippen molar-refractivity contribution in [3.05, 3.63) is 24.5 Å². The number of piperidine rings is 1. The number of rotatable bonds is 3. The number of hydrogen-bond donors (Lipinski definition) is 1. The van der Waals surface area contributed by atoms with E-state index in [4.69, 9.17) is 5.73 Å². The maximum atomic E-state index is 12.0. The van der Waals surface area contributed by atoms with E-state index in [1.807, 2.05) is 17.0 Å². The molecule has 2 saturated heterocycles. The van der Waals surface area contributed by atoms with Crippen molar-refractivity contribution in [1.29, 1.82) is 0 Å². The van der Waals surface area contributed by atoms with Crippen molar-refractivity contribution in [3.63, 3.8) is 0 Å². The summed E-state index contributed by atoms with van der Waals surface area (Å²) in [6, 6.07) is 4.24. The Bertz CT molecular complexity index is 526. The van der Waals surface area contributed by atoms with Crippen LogP contribution in [0.1, 0.15) is 19.3 Å². The number of aromatic nitrogens is 1. The summed E-state index contributed by atoms with van der Waals surface area (Å²) < 4.78 is 0. The Morgan fingerprint density at radius 2 is 1.90 bits per heavy atom. The van der Waals surface area contributed by atoms with E-state index in [1.165, 1.54) is 5.69 Å². The summed E-state index contributed by atoms with van der Waals surface area (Å²) >= 11 is 0.